The zero-order chi connectivity index (χ0) is 13.2. The van der Waals surface area contributed by atoms with Crippen LogP contribution in [0, 0.1) is 0 Å². The second-order valence-electron chi connectivity index (χ2n) is 3.69. The van der Waals surface area contributed by atoms with E-state index in [1.807, 2.05) is 18.2 Å². The molecule has 1 aromatic carbocycles. The van der Waals surface area contributed by atoms with Gasteiger partial charge in [-0.25, -0.2) is 0 Å². The van der Waals surface area contributed by atoms with Crippen LogP contribution in [0.25, 0.3) is 11.2 Å². The SMILES string of the molecule is Clc1cccc(Cl)c1CSc1cnnc2n[nH]nc12. The maximum atomic E-state index is 6.13. The van der Waals surface area contributed by atoms with Gasteiger partial charge in [0.25, 0.3) is 0 Å². The van der Waals surface area contributed by atoms with Crippen molar-refractivity contribution in [1.82, 2.24) is 25.6 Å². The van der Waals surface area contributed by atoms with Crippen molar-refractivity contribution in [2.24, 2.45) is 0 Å². The van der Waals surface area contributed by atoms with E-state index >= 15 is 0 Å². The van der Waals surface area contributed by atoms with Crippen molar-refractivity contribution in [2.75, 3.05) is 0 Å². The summed E-state index contributed by atoms with van der Waals surface area (Å²) in [4.78, 5) is 0.884. The Labute approximate surface area is 122 Å². The van der Waals surface area contributed by atoms with Crippen LogP contribution in [0.5, 0.6) is 0 Å². The fraction of sp³-hybridized carbons (Fsp3) is 0.0909. The molecule has 96 valence electrons. The molecule has 0 fully saturated rings. The Hall–Kier alpha value is -1.37. The van der Waals surface area contributed by atoms with Crippen LogP contribution >= 0.6 is 35.0 Å². The fourth-order valence-electron chi connectivity index (χ4n) is 1.58. The van der Waals surface area contributed by atoms with Gasteiger partial charge in [-0.2, -0.15) is 15.4 Å². The van der Waals surface area contributed by atoms with E-state index in [1.165, 1.54) is 0 Å². The molecule has 1 N–H and O–H groups in total. The number of benzene rings is 1. The number of nitrogens with zero attached hydrogens (tertiary/aromatic N) is 4. The zero-order valence-corrected chi connectivity index (χ0v) is 11.8. The van der Waals surface area contributed by atoms with Gasteiger partial charge in [0.2, 0.25) is 5.65 Å². The highest BCUT2D eigenvalue weighted by molar-refractivity contribution is 7.98. The predicted molar refractivity (Wildman–Crippen MR) is 75.5 cm³/mol. The van der Waals surface area contributed by atoms with Gasteiger partial charge < -0.3 is 0 Å². The number of hydrogen-bond acceptors (Lipinski definition) is 5. The van der Waals surface area contributed by atoms with Crippen molar-refractivity contribution in [2.45, 2.75) is 10.6 Å². The minimum absolute atomic E-state index is 0.496. The Balaban J connectivity index is 1.88. The Morgan fingerprint density at radius 2 is 1.95 bits per heavy atom. The number of hydrogen-bond donors (Lipinski definition) is 1. The largest absolute Gasteiger partial charge is 0.224 e. The number of rotatable bonds is 3. The molecule has 5 nitrogen and oxygen atoms in total. The third kappa shape index (κ3) is 2.51. The summed E-state index contributed by atoms with van der Waals surface area (Å²) in [5.74, 6) is 0.631. The lowest BCUT2D eigenvalue weighted by molar-refractivity contribution is 0.946. The summed E-state index contributed by atoms with van der Waals surface area (Å²) in [6, 6.07) is 5.46. The van der Waals surface area contributed by atoms with E-state index in [-0.39, 0.29) is 0 Å². The average Bonchev–Trinajstić information content (AvgIpc) is 2.87. The van der Waals surface area contributed by atoms with Crippen molar-refractivity contribution in [3.8, 4) is 0 Å². The van der Waals surface area contributed by atoms with Gasteiger partial charge in [-0.3, -0.25) is 0 Å². The molecule has 3 aromatic rings. The van der Waals surface area contributed by atoms with E-state index in [9.17, 15) is 0 Å². The number of fused-ring (bicyclic) bond motifs is 1. The first-order valence-corrected chi connectivity index (χ1v) is 7.07. The van der Waals surface area contributed by atoms with Gasteiger partial charge >= 0.3 is 0 Å². The topological polar surface area (TPSA) is 67.3 Å². The average molecular weight is 312 g/mol. The number of aromatic amines is 1. The lowest BCUT2D eigenvalue weighted by Crippen LogP contribution is -1.88. The highest BCUT2D eigenvalue weighted by Gasteiger charge is 2.10. The van der Waals surface area contributed by atoms with E-state index in [4.69, 9.17) is 23.2 Å². The molecule has 0 aliphatic rings. The minimum atomic E-state index is 0.496. The maximum Gasteiger partial charge on any atom is 0.224 e. The third-order valence-electron chi connectivity index (χ3n) is 2.52. The lowest BCUT2D eigenvalue weighted by atomic mass is 10.2. The van der Waals surface area contributed by atoms with Gasteiger partial charge in [-0.15, -0.1) is 22.0 Å². The molecular formula is C11H7Cl2N5S. The molecular weight excluding hydrogens is 305 g/mol. The fourth-order valence-corrected chi connectivity index (χ4v) is 3.28. The van der Waals surface area contributed by atoms with Crippen LogP contribution in [-0.2, 0) is 5.75 Å². The molecule has 0 spiro atoms. The van der Waals surface area contributed by atoms with E-state index in [0.717, 1.165) is 10.5 Å². The van der Waals surface area contributed by atoms with Crippen LogP contribution < -0.4 is 0 Å². The summed E-state index contributed by atoms with van der Waals surface area (Å²) in [5, 5.41) is 19.5. The summed E-state index contributed by atoms with van der Waals surface area (Å²) in [6.07, 6.45) is 1.65. The summed E-state index contributed by atoms with van der Waals surface area (Å²) >= 11 is 13.8. The zero-order valence-electron chi connectivity index (χ0n) is 9.47. The van der Waals surface area contributed by atoms with Crippen molar-refractivity contribution in [3.63, 3.8) is 0 Å². The van der Waals surface area contributed by atoms with E-state index in [0.29, 0.717) is 27.0 Å². The first-order valence-electron chi connectivity index (χ1n) is 5.33. The van der Waals surface area contributed by atoms with E-state index < -0.39 is 0 Å². The second-order valence-corrected chi connectivity index (χ2v) is 5.53. The highest BCUT2D eigenvalue weighted by atomic mass is 35.5. The molecule has 0 bridgehead atoms. The quantitative estimate of drug-likeness (QED) is 0.751. The normalized spacial score (nSPS) is 11.1. The van der Waals surface area contributed by atoms with Crippen molar-refractivity contribution < 1.29 is 0 Å². The van der Waals surface area contributed by atoms with Gasteiger partial charge in [0, 0.05) is 15.8 Å². The molecule has 0 atom stereocenters. The Morgan fingerprint density at radius 3 is 2.74 bits per heavy atom. The van der Waals surface area contributed by atoms with Crippen molar-refractivity contribution >= 4 is 46.1 Å². The van der Waals surface area contributed by atoms with Gasteiger partial charge in [0.05, 0.1) is 11.1 Å². The Kier molecular flexibility index (Phi) is 3.54. The number of halogens is 2. The van der Waals surface area contributed by atoms with Crippen LogP contribution in [0.15, 0.2) is 29.3 Å². The second kappa shape index (κ2) is 5.32. The minimum Gasteiger partial charge on any atom is -0.195 e. The third-order valence-corrected chi connectivity index (χ3v) is 4.28. The molecule has 0 saturated heterocycles. The Morgan fingerprint density at radius 1 is 1.16 bits per heavy atom. The van der Waals surface area contributed by atoms with Crippen LogP contribution in [0.1, 0.15) is 5.56 Å². The molecule has 0 saturated carbocycles. The molecule has 0 unspecified atom stereocenters. The maximum absolute atomic E-state index is 6.13. The first-order chi connectivity index (χ1) is 9.25. The van der Waals surface area contributed by atoms with E-state index in [2.05, 4.69) is 25.6 Å². The molecule has 0 aliphatic carbocycles. The van der Waals surface area contributed by atoms with Crippen molar-refractivity contribution in [3.05, 3.63) is 40.0 Å². The molecule has 8 heteroatoms. The smallest absolute Gasteiger partial charge is 0.195 e. The number of thioether (sulfide) groups is 1. The van der Waals surface area contributed by atoms with Gasteiger partial charge in [-0.1, -0.05) is 29.3 Å². The summed E-state index contributed by atoms with van der Waals surface area (Å²) in [7, 11) is 0. The molecule has 0 radical (unpaired) electrons. The highest BCUT2D eigenvalue weighted by Crippen LogP contribution is 2.32. The first kappa shape index (κ1) is 12.7. The lowest BCUT2D eigenvalue weighted by Gasteiger charge is -2.06. The summed E-state index contributed by atoms with van der Waals surface area (Å²) in [6.45, 7) is 0. The summed E-state index contributed by atoms with van der Waals surface area (Å²) in [5.41, 5.74) is 2.09. The van der Waals surface area contributed by atoms with Crippen LogP contribution in [-0.4, -0.2) is 25.6 Å². The van der Waals surface area contributed by atoms with Crippen LogP contribution in [0.2, 0.25) is 10.0 Å². The van der Waals surface area contributed by atoms with Crippen LogP contribution in [0.4, 0.5) is 0 Å². The van der Waals surface area contributed by atoms with Gasteiger partial charge in [-0.05, 0) is 17.7 Å². The Bertz CT molecular complexity index is 710. The van der Waals surface area contributed by atoms with Gasteiger partial charge in [0.1, 0.15) is 5.52 Å². The van der Waals surface area contributed by atoms with Crippen molar-refractivity contribution in [1.29, 1.82) is 0 Å². The van der Waals surface area contributed by atoms with E-state index in [1.54, 1.807) is 18.0 Å². The molecule has 0 amide bonds. The number of H-pyrrole nitrogens is 1. The van der Waals surface area contributed by atoms with Crippen LogP contribution in [0.3, 0.4) is 0 Å². The standard InChI is InChI=1S/C11H7Cl2N5S/c12-7-2-1-3-8(13)6(7)5-19-9-4-14-16-11-10(9)15-18-17-11/h1-4H,5H2,(H,15,16,17,18). The molecule has 0 aliphatic heterocycles. The number of nitrogens with one attached hydrogen (secondary N) is 1. The summed E-state index contributed by atoms with van der Waals surface area (Å²) < 4.78 is 0. The molecule has 19 heavy (non-hydrogen) atoms. The monoisotopic (exact) mass is 311 g/mol. The number of aromatic nitrogens is 5. The molecule has 2 heterocycles. The van der Waals surface area contributed by atoms with Gasteiger partial charge in [0.15, 0.2) is 0 Å². The predicted octanol–water partition coefficient (Wildman–Crippen LogP) is 3.35. The molecule has 3 rings (SSSR count). The molecule has 2 aromatic heterocycles.